The minimum Gasteiger partial charge on any atom is -0.545 e. The Balaban J connectivity index is 1.87. The van der Waals surface area contributed by atoms with Gasteiger partial charge in [0.05, 0.1) is 22.5 Å². The predicted molar refractivity (Wildman–Crippen MR) is 89.0 cm³/mol. The topological polar surface area (TPSA) is 77.5 Å². The van der Waals surface area contributed by atoms with Crippen molar-refractivity contribution in [1.29, 1.82) is 0 Å². The summed E-state index contributed by atoms with van der Waals surface area (Å²) in [6.45, 7) is 0. The Bertz CT molecular complexity index is 929. The van der Waals surface area contributed by atoms with Crippen molar-refractivity contribution in [2.24, 2.45) is 0 Å². The van der Waals surface area contributed by atoms with Gasteiger partial charge in [0.1, 0.15) is 0 Å². The summed E-state index contributed by atoms with van der Waals surface area (Å²) in [5.74, 6) is -2.77. The Hall–Kier alpha value is -2.81. The van der Waals surface area contributed by atoms with Crippen molar-refractivity contribution in [2.75, 3.05) is 4.90 Å². The number of rotatable bonds is 4. The second-order valence-electron chi connectivity index (χ2n) is 5.71. The van der Waals surface area contributed by atoms with Gasteiger partial charge in [-0.25, -0.2) is 4.90 Å². The van der Waals surface area contributed by atoms with Crippen molar-refractivity contribution in [3.63, 3.8) is 0 Å². The lowest BCUT2D eigenvalue weighted by Gasteiger charge is -2.17. The number of amides is 2. The summed E-state index contributed by atoms with van der Waals surface area (Å²) in [6, 6.07) is 9.78. The Labute approximate surface area is 155 Å². The molecule has 1 atom stereocenters. The summed E-state index contributed by atoms with van der Waals surface area (Å²) in [7, 11) is 0. The first-order valence-electron chi connectivity index (χ1n) is 7.69. The van der Waals surface area contributed by atoms with Gasteiger partial charge in [0.25, 0.3) is 0 Å². The zero-order valence-corrected chi connectivity index (χ0v) is 14.3. The van der Waals surface area contributed by atoms with Gasteiger partial charge in [-0.3, -0.25) is 9.59 Å². The summed E-state index contributed by atoms with van der Waals surface area (Å²) in [6.07, 6.45) is -4.86. The summed E-state index contributed by atoms with van der Waals surface area (Å²) in [4.78, 5) is 37.0. The van der Waals surface area contributed by atoms with E-state index in [0.29, 0.717) is 4.90 Å². The number of nitrogens with zero attached hydrogens (tertiary/aromatic N) is 1. The zero-order chi connectivity index (χ0) is 19.8. The van der Waals surface area contributed by atoms with Crippen LogP contribution in [0, 0.1) is 0 Å². The van der Waals surface area contributed by atoms with Crippen molar-refractivity contribution >= 4 is 35.2 Å². The third-order valence-electron chi connectivity index (χ3n) is 3.91. The van der Waals surface area contributed by atoms with Crippen LogP contribution in [0.25, 0.3) is 0 Å². The number of carbonyl (C=O) groups is 3. The molecule has 3 rings (SSSR count). The number of alkyl halides is 3. The van der Waals surface area contributed by atoms with Gasteiger partial charge in [0, 0.05) is 16.9 Å². The van der Waals surface area contributed by atoms with Gasteiger partial charge < -0.3 is 9.90 Å². The molecule has 1 saturated heterocycles. The average molecular weight is 394 g/mol. The van der Waals surface area contributed by atoms with Gasteiger partial charge >= 0.3 is 6.18 Å². The van der Waals surface area contributed by atoms with Crippen LogP contribution < -0.4 is 10.0 Å². The molecule has 2 aromatic carbocycles. The molecule has 0 unspecified atom stereocenters. The van der Waals surface area contributed by atoms with Gasteiger partial charge in [-0.2, -0.15) is 13.2 Å². The molecule has 0 aromatic heterocycles. The number of carbonyl (C=O) groups excluding carboxylic acids is 3. The minimum atomic E-state index is -4.61. The molecular formula is C18H11F3NO4S-. The number of benzene rings is 2. The van der Waals surface area contributed by atoms with E-state index in [2.05, 4.69) is 0 Å². The van der Waals surface area contributed by atoms with Crippen LogP contribution in [0.1, 0.15) is 22.3 Å². The fourth-order valence-electron chi connectivity index (χ4n) is 2.68. The van der Waals surface area contributed by atoms with Crippen molar-refractivity contribution < 1.29 is 32.7 Å². The Morgan fingerprint density at radius 3 is 2.48 bits per heavy atom. The van der Waals surface area contributed by atoms with Crippen LogP contribution in [0.2, 0.25) is 0 Å². The molecule has 5 nitrogen and oxygen atoms in total. The monoisotopic (exact) mass is 394 g/mol. The first kappa shape index (κ1) is 19.0. The maximum atomic E-state index is 12.9. The molecule has 1 fully saturated rings. The maximum absolute atomic E-state index is 12.9. The molecule has 0 aliphatic carbocycles. The summed E-state index contributed by atoms with van der Waals surface area (Å²) >= 11 is 0.871. The fraction of sp³-hybridized carbons (Fsp3) is 0.167. The van der Waals surface area contributed by atoms with Crippen molar-refractivity contribution in [1.82, 2.24) is 0 Å². The number of carboxylic acid groups (broad SMARTS) is 1. The largest absolute Gasteiger partial charge is 0.545 e. The summed E-state index contributed by atoms with van der Waals surface area (Å²) in [5, 5.41) is 10.2. The second kappa shape index (κ2) is 7.07. The van der Waals surface area contributed by atoms with Crippen molar-refractivity contribution in [2.45, 2.75) is 22.7 Å². The lowest BCUT2D eigenvalue weighted by atomic mass is 10.2. The number of hydrogen-bond donors (Lipinski definition) is 0. The molecule has 140 valence electrons. The van der Waals surface area contributed by atoms with Crippen LogP contribution in [-0.2, 0) is 15.8 Å². The fourth-order valence-corrected chi connectivity index (χ4v) is 3.85. The van der Waals surface area contributed by atoms with E-state index in [1.54, 1.807) is 6.07 Å². The number of anilines is 1. The smallest absolute Gasteiger partial charge is 0.416 e. The SMILES string of the molecule is O=C([O-])c1ccccc1S[C@@H]1CC(=O)N(c2cccc(C(F)(F)F)c2)C1=O. The standard InChI is InChI=1S/C18H12F3NO4S/c19-18(20,21)10-4-3-5-11(8-10)22-15(23)9-14(16(22)24)27-13-7-2-1-6-12(13)17(25)26/h1-8,14H,9H2,(H,25,26)/p-1/t14-/m1/s1. The molecule has 1 aliphatic heterocycles. The molecule has 2 amide bonds. The van der Waals surface area contributed by atoms with Gasteiger partial charge in [-0.05, 0) is 24.3 Å². The normalized spacial score (nSPS) is 17.4. The number of halogens is 3. The highest BCUT2D eigenvalue weighted by Gasteiger charge is 2.41. The molecule has 1 heterocycles. The van der Waals surface area contributed by atoms with Gasteiger partial charge in [0.15, 0.2) is 0 Å². The average Bonchev–Trinajstić information content (AvgIpc) is 2.88. The van der Waals surface area contributed by atoms with E-state index in [-0.39, 0.29) is 22.6 Å². The Morgan fingerprint density at radius 1 is 1.11 bits per heavy atom. The molecule has 0 bridgehead atoms. The van der Waals surface area contributed by atoms with E-state index < -0.39 is 34.8 Å². The molecule has 0 saturated carbocycles. The highest BCUT2D eigenvalue weighted by Crippen LogP contribution is 2.37. The molecule has 9 heteroatoms. The predicted octanol–water partition coefficient (Wildman–Crippen LogP) is 2.49. The quantitative estimate of drug-likeness (QED) is 0.745. The highest BCUT2D eigenvalue weighted by molar-refractivity contribution is 8.00. The first-order valence-corrected chi connectivity index (χ1v) is 8.57. The lowest BCUT2D eigenvalue weighted by molar-refractivity contribution is -0.255. The molecular weight excluding hydrogens is 383 g/mol. The van der Waals surface area contributed by atoms with Gasteiger partial charge in [-0.15, -0.1) is 11.8 Å². The number of carboxylic acids is 1. The van der Waals surface area contributed by atoms with Crippen LogP contribution >= 0.6 is 11.8 Å². The second-order valence-corrected chi connectivity index (χ2v) is 6.95. The Kier molecular flexibility index (Phi) is 4.97. The highest BCUT2D eigenvalue weighted by atomic mass is 32.2. The molecule has 0 N–H and O–H groups in total. The van der Waals surface area contributed by atoms with Crippen LogP contribution in [0.3, 0.4) is 0 Å². The van der Waals surface area contributed by atoms with Crippen LogP contribution in [-0.4, -0.2) is 23.0 Å². The molecule has 1 aliphatic rings. The van der Waals surface area contributed by atoms with Crippen LogP contribution in [0.15, 0.2) is 53.4 Å². The maximum Gasteiger partial charge on any atom is 0.416 e. The van der Waals surface area contributed by atoms with E-state index in [9.17, 15) is 32.7 Å². The minimum absolute atomic E-state index is 0.125. The third-order valence-corrected chi connectivity index (χ3v) is 5.18. The third kappa shape index (κ3) is 3.82. The van der Waals surface area contributed by atoms with E-state index in [1.807, 2.05) is 0 Å². The van der Waals surface area contributed by atoms with Crippen molar-refractivity contribution in [3.05, 3.63) is 59.7 Å². The first-order chi connectivity index (χ1) is 12.7. The lowest BCUT2D eigenvalue weighted by Crippen LogP contribution is -2.31. The van der Waals surface area contributed by atoms with E-state index in [4.69, 9.17) is 0 Å². The van der Waals surface area contributed by atoms with Crippen LogP contribution in [0.5, 0.6) is 0 Å². The van der Waals surface area contributed by atoms with Crippen LogP contribution in [0.4, 0.5) is 18.9 Å². The number of aromatic carboxylic acids is 1. The molecule has 2 aromatic rings. The van der Waals surface area contributed by atoms with E-state index in [1.165, 1.54) is 24.3 Å². The summed E-state index contributed by atoms with van der Waals surface area (Å²) < 4.78 is 38.6. The van der Waals surface area contributed by atoms with Gasteiger partial charge in [-0.1, -0.05) is 24.3 Å². The zero-order valence-electron chi connectivity index (χ0n) is 13.5. The number of thioether (sulfide) groups is 1. The number of hydrogen-bond acceptors (Lipinski definition) is 5. The molecule has 0 radical (unpaired) electrons. The van der Waals surface area contributed by atoms with E-state index in [0.717, 1.165) is 30.0 Å². The van der Waals surface area contributed by atoms with Gasteiger partial charge in [0.2, 0.25) is 11.8 Å². The number of imide groups is 1. The molecule has 0 spiro atoms. The Morgan fingerprint density at radius 2 is 1.81 bits per heavy atom. The summed E-state index contributed by atoms with van der Waals surface area (Å²) in [5.41, 5.74) is -1.27. The van der Waals surface area contributed by atoms with Crippen molar-refractivity contribution in [3.8, 4) is 0 Å². The van der Waals surface area contributed by atoms with E-state index >= 15 is 0 Å². The molecule has 27 heavy (non-hydrogen) atoms.